The van der Waals surface area contributed by atoms with Gasteiger partial charge in [-0.2, -0.15) is 0 Å². The summed E-state index contributed by atoms with van der Waals surface area (Å²) in [5, 5.41) is 0.338. The van der Waals surface area contributed by atoms with E-state index in [1.54, 1.807) is 6.20 Å². The van der Waals surface area contributed by atoms with Crippen LogP contribution in [0.5, 0.6) is 5.75 Å². The number of hydrogen-bond donors (Lipinski definition) is 1. The summed E-state index contributed by atoms with van der Waals surface area (Å²) in [6.45, 7) is 3.88. The summed E-state index contributed by atoms with van der Waals surface area (Å²) < 4.78 is 5.94. The van der Waals surface area contributed by atoms with Crippen LogP contribution in [0.1, 0.15) is 25.8 Å². The molecule has 0 aromatic carbocycles. The number of ether oxygens (including phenoxy) is 1. The van der Waals surface area contributed by atoms with Crippen LogP contribution in [0.15, 0.2) is 29.5 Å². The van der Waals surface area contributed by atoms with Crippen molar-refractivity contribution in [2.75, 3.05) is 0 Å². The lowest BCUT2D eigenvalue weighted by atomic mass is 9.88. The number of allylic oxidation sites excluding steroid dienone is 1. The molecule has 0 bridgehead atoms. The summed E-state index contributed by atoms with van der Waals surface area (Å²) in [7, 11) is 0. The van der Waals surface area contributed by atoms with Gasteiger partial charge in [0.05, 0.1) is 0 Å². The van der Waals surface area contributed by atoms with Gasteiger partial charge in [-0.15, -0.1) is 0 Å². The van der Waals surface area contributed by atoms with Crippen LogP contribution in [0.4, 0.5) is 0 Å². The highest BCUT2D eigenvalue weighted by atomic mass is 35.5. The first-order chi connectivity index (χ1) is 8.90. The zero-order valence-corrected chi connectivity index (χ0v) is 11.4. The summed E-state index contributed by atoms with van der Waals surface area (Å²) in [4.78, 5) is 15.4. The van der Waals surface area contributed by atoms with Gasteiger partial charge in [-0.25, -0.2) is 4.98 Å². The molecule has 0 fully saturated rings. The van der Waals surface area contributed by atoms with Crippen molar-refractivity contribution in [3.63, 3.8) is 0 Å². The van der Waals surface area contributed by atoms with Crippen molar-refractivity contribution in [2.24, 2.45) is 5.73 Å². The fraction of sp³-hybridized carbons (Fsp3) is 0.286. The number of amides is 1. The Balaban J connectivity index is 2.19. The molecule has 19 heavy (non-hydrogen) atoms. The zero-order valence-electron chi connectivity index (χ0n) is 10.7. The molecule has 2 N–H and O–H groups in total. The Morgan fingerprint density at radius 1 is 1.53 bits per heavy atom. The first-order valence-electron chi connectivity index (χ1n) is 5.98. The molecule has 1 aromatic rings. The smallest absolute Gasteiger partial charge is 0.244 e. The van der Waals surface area contributed by atoms with Gasteiger partial charge in [0.25, 0.3) is 0 Å². The monoisotopic (exact) mass is 276 g/mol. The van der Waals surface area contributed by atoms with Crippen LogP contribution < -0.4 is 10.5 Å². The maximum atomic E-state index is 11.4. The van der Waals surface area contributed by atoms with Crippen LogP contribution in [0.3, 0.4) is 0 Å². The van der Waals surface area contributed by atoms with Gasteiger partial charge < -0.3 is 10.5 Å². The molecule has 0 atom stereocenters. The van der Waals surface area contributed by atoms with E-state index in [0.717, 1.165) is 16.7 Å². The van der Waals surface area contributed by atoms with Crippen LogP contribution in [-0.4, -0.2) is 16.5 Å². The number of nitrogens with two attached hydrogens (primary N) is 1. The summed E-state index contributed by atoms with van der Waals surface area (Å²) in [6.07, 6.45) is 3.98. The number of fused-ring (bicyclic) bond motifs is 2. The summed E-state index contributed by atoms with van der Waals surface area (Å²) >= 11 is 6.09. The van der Waals surface area contributed by atoms with Crippen molar-refractivity contribution < 1.29 is 9.53 Å². The van der Waals surface area contributed by atoms with Gasteiger partial charge in [-0.1, -0.05) is 11.6 Å². The fourth-order valence-corrected chi connectivity index (χ4v) is 2.80. The topological polar surface area (TPSA) is 65.2 Å². The van der Waals surface area contributed by atoms with E-state index in [9.17, 15) is 4.79 Å². The van der Waals surface area contributed by atoms with Crippen molar-refractivity contribution in [1.82, 2.24) is 4.98 Å². The Morgan fingerprint density at radius 3 is 2.95 bits per heavy atom. The maximum absolute atomic E-state index is 11.4. The fourth-order valence-electron chi connectivity index (χ4n) is 2.60. The van der Waals surface area contributed by atoms with Gasteiger partial charge in [-0.05, 0) is 37.1 Å². The number of carbonyl (C=O) groups excluding carboxylic acids is 1. The number of nitrogens with zero attached hydrogens (tertiary/aromatic N) is 1. The van der Waals surface area contributed by atoms with Gasteiger partial charge in [0.2, 0.25) is 5.91 Å². The van der Waals surface area contributed by atoms with E-state index >= 15 is 0 Å². The van der Waals surface area contributed by atoms with Crippen molar-refractivity contribution in [1.29, 1.82) is 0 Å². The summed E-state index contributed by atoms with van der Waals surface area (Å²) in [5.41, 5.74) is 8.35. The Hall–Kier alpha value is -1.81. The Kier molecular flexibility index (Phi) is 2.47. The molecule has 1 aliphatic heterocycles. The molecule has 1 aromatic heterocycles. The highest BCUT2D eigenvalue weighted by Gasteiger charge is 2.38. The van der Waals surface area contributed by atoms with Gasteiger partial charge in [0.1, 0.15) is 5.60 Å². The average Bonchev–Trinajstić information content (AvgIpc) is 2.77. The third kappa shape index (κ3) is 1.75. The number of primary amides is 1. The van der Waals surface area contributed by atoms with E-state index in [-0.39, 0.29) is 0 Å². The van der Waals surface area contributed by atoms with Gasteiger partial charge in [0, 0.05) is 23.8 Å². The standard InChI is InChI=1S/C14H13ClN2O2/c1-14(2)10-6-7(13(16)18)5-9(10)8-3-4-17-12(15)11(8)19-14/h3-4,6H,5H2,1-2H3,(H2,16,18). The third-order valence-corrected chi connectivity index (χ3v) is 3.79. The lowest BCUT2D eigenvalue weighted by molar-refractivity contribution is -0.114. The molecular weight excluding hydrogens is 264 g/mol. The number of halogens is 1. The van der Waals surface area contributed by atoms with Crippen molar-refractivity contribution >= 4 is 23.1 Å². The van der Waals surface area contributed by atoms with Crippen molar-refractivity contribution in [3.05, 3.63) is 40.2 Å². The predicted molar refractivity (Wildman–Crippen MR) is 72.8 cm³/mol. The third-order valence-electron chi connectivity index (χ3n) is 3.52. The minimum absolute atomic E-state index is 0.338. The summed E-state index contributed by atoms with van der Waals surface area (Å²) in [6, 6.07) is 1.85. The molecule has 4 nitrogen and oxygen atoms in total. The molecule has 2 heterocycles. The molecule has 5 heteroatoms. The van der Waals surface area contributed by atoms with Gasteiger partial charge in [-0.3, -0.25) is 4.79 Å². The van der Waals surface area contributed by atoms with Crippen LogP contribution in [0.25, 0.3) is 5.57 Å². The first-order valence-corrected chi connectivity index (χ1v) is 6.36. The largest absolute Gasteiger partial charge is 0.479 e. The normalized spacial score (nSPS) is 19.4. The molecular formula is C14H13ClN2O2. The number of pyridine rings is 1. The van der Waals surface area contributed by atoms with Gasteiger partial charge in [0.15, 0.2) is 10.9 Å². The minimum Gasteiger partial charge on any atom is -0.479 e. The zero-order chi connectivity index (χ0) is 13.8. The summed E-state index contributed by atoms with van der Waals surface area (Å²) in [5.74, 6) is 0.180. The van der Waals surface area contributed by atoms with E-state index in [1.165, 1.54) is 0 Å². The molecule has 1 amide bonds. The highest BCUT2D eigenvalue weighted by Crippen LogP contribution is 2.48. The van der Waals surface area contributed by atoms with Crippen LogP contribution in [-0.2, 0) is 4.79 Å². The van der Waals surface area contributed by atoms with E-state index < -0.39 is 11.5 Å². The van der Waals surface area contributed by atoms with E-state index in [4.69, 9.17) is 22.1 Å². The van der Waals surface area contributed by atoms with Crippen molar-refractivity contribution in [2.45, 2.75) is 25.9 Å². The SMILES string of the molecule is CC1(C)Oc2c(ccnc2Cl)C2=C1C=C(C(N)=O)C2. The number of carbonyl (C=O) groups is 1. The van der Waals surface area contributed by atoms with E-state index in [0.29, 0.717) is 22.9 Å². The van der Waals surface area contributed by atoms with E-state index in [1.807, 2.05) is 26.0 Å². The molecule has 2 aliphatic rings. The first kappa shape index (κ1) is 12.2. The molecule has 0 saturated carbocycles. The molecule has 0 spiro atoms. The van der Waals surface area contributed by atoms with Crippen LogP contribution in [0, 0.1) is 0 Å². The minimum atomic E-state index is -0.549. The molecule has 0 saturated heterocycles. The Labute approximate surface area is 115 Å². The van der Waals surface area contributed by atoms with Crippen LogP contribution in [0.2, 0.25) is 5.15 Å². The quantitative estimate of drug-likeness (QED) is 0.802. The maximum Gasteiger partial charge on any atom is 0.244 e. The second kappa shape index (κ2) is 3.84. The molecule has 1 aliphatic carbocycles. The predicted octanol–water partition coefficient (Wildman–Crippen LogP) is 2.48. The second-order valence-corrected chi connectivity index (χ2v) is 5.55. The van der Waals surface area contributed by atoms with Gasteiger partial charge >= 0.3 is 0 Å². The van der Waals surface area contributed by atoms with Crippen molar-refractivity contribution in [3.8, 4) is 5.75 Å². The Bertz CT molecular complexity index is 659. The average molecular weight is 277 g/mol. The van der Waals surface area contributed by atoms with E-state index in [2.05, 4.69) is 4.98 Å². The second-order valence-electron chi connectivity index (χ2n) is 5.19. The lowest BCUT2D eigenvalue weighted by Gasteiger charge is -2.34. The molecule has 3 rings (SSSR count). The number of rotatable bonds is 1. The molecule has 98 valence electrons. The Morgan fingerprint density at radius 2 is 2.26 bits per heavy atom. The van der Waals surface area contributed by atoms with Crippen LogP contribution >= 0.6 is 11.6 Å². The molecule has 0 unspecified atom stereocenters. The number of hydrogen-bond acceptors (Lipinski definition) is 3. The molecule has 0 radical (unpaired) electrons. The lowest BCUT2D eigenvalue weighted by Crippen LogP contribution is -2.33. The highest BCUT2D eigenvalue weighted by molar-refractivity contribution is 6.31. The number of aromatic nitrogens is 1.